The van der Waals surface area contributed by atoms with Gasteiger partial charge in [0.25, 0.3) is 0 Å². The van der Waals surface area contributed by atoms with Crippen LogP contribution in [0, 0.1) is 11.3 Å². The van der Waals surface area contributed by atoms with Gasteiger partial charge in [0, 0.05) is 5.56 Å². The first-order chi connectivity index (χ1) is 13.2. The number of allylic oxidation sites excluding steroid dienone is 2. The number of aromatic amines is 1. The summed E-state index contributed by atoms with van der Waals surface area (Å²) in [5.41, 5.74) is 3.96. The van der Waals surface area contributed by atoms with Gasteiger partial charge in [0.2, 0.25) is 0 Å². The number of para-hydroxylation sites is 2. The highest BCUT2D eigenvalue weighted by molar-refractivity contribution is 5.90. The van der Waals surface area contributed by atoms with Crippen LogP contribution in [-0.4, -0.2) is 23.7 Å². The third kappa shape index (κ3) is 3.85. The molecule has 0 saturated carbocycles. The van der Waals surface area contributed by atoms with Crippen molar-refractivity contribution in [2.45, 2.75) is 13.3 Å². The first-order valence-corrected chi connectivity index (χ1v) is 8.71. The molecule has 0 amide bonds. The van der Waals surface area contributed by atoms with E-state index in [1.807, 2.05) is 49.4 Å². The van der Waals surface area contributed by atoms with Crippen LogP contribution < -0.4 is 9.47 Å². The van der Waals surface area contributed by atoms with Crippen molar-refractivity contribution >= 4 is 22.7 Å². The van der Waals surface area contributed by atoms with Crippen molar-refractivity contribution in [1.29, 1.82) is 5.26 Å². The summed E-state index contributed by atoms with van der Waals surface area (Å²) in [6, 6.07) is 13.8. The summed E-state index contributed by atoms with van der Waals surface area (Å²) in [5, 5.41) is 9.65. The normalized spacial score (nSPS) is 11.2. The molecule has 1 aromatic heterocycles. The van der Waals surface area contributed by atoms with Crippen molar-refractivity contribution in [2.24, 2.45) is 0 Å². The summed E-state index contributed by atoms with van der Waals surface area (Å²) in [7, 11) is 1.60. The van der Waals surface area contributed by atoms with Crippen LogP contribution in [0.25, 0.3) is 22.7 Å². The molecule has 0 unspecified atom stereocenters. The number of fused-ring (bicyclic) bond motifs is 1. The van der Waals surface area contributed by atoms with Gasteiger partial charge in [-0.25, -0.2) is 4.98 Å². The zero-order chi connectivity index (χ0) is 19.2. The van der Waals surface area contributed by atoms with Gasteiger partial charge in [0.15, 0.2) is 11.5 Å². The van der Waals surface area contributed by atoms with E-state index in [4.69, 9.17) is 9.47 Å². The Bertz CT molecular complexity index is 1010. The Morgan fingerprint density at radius 2 is 2.15 bits per heavy atom. The molecule has 3 rings (SSSR count). The molecular formula is C22H21N3O2. The average molecular weight is 359 g/mol. The monoisotopic (exact) mass is 359 g/mol. The summed E-state index contributed by atoms with van der Waals surface area (Å²) in [4.78, 5) is 7.70. The van der Waals surface area contributed by atoms with Crippen LogP contribution in [0.2, 0.25) is 0 Å². The Balaban J connectivity index is 2.09. The van der Waals surface area contributed by atoms with Crippen molar-refractivity contribution in [1.82, 2.24) is 9.97 Å². The summed E-state index contributed by atoms with van der Waals surface area (Å²) >= 11 is 0. The van der Waals surface area contributed by atoms with Crippen LogP contribution in [0.1, 0.15) is 23.9 Å². The number of methoxy groups -OCH3 is 1. The summed E-state index contributed by atoms with van der Waals surface area (Å²) in [6.07, 6.45) is 4.25. The molecule has 0 aliphatic carbocycles. The molecule has 2 aromatic carbocycles. The van der Waals surface area contributed by atoms with E-state index in [-0.39, 0.29) is 0 Å². The lowest BCUT2D eigenvalue weighted by Crippen LogP contribution is -2.00. The second kappa shape index (κ2) is 8.24. The number of rotatable bonds is 7. The summed E-state index contributed by atoms with van der Waals surface area (Å²) in [5.74, 6) is 1.88. The van der Waals surface area contributed by atoms with E-state index in [1.54, 1.807) is 13.2 Å². The van der Waals surface area contributed by atoms with E-state index in [0.717, 1.165) is 22.2 Å². The van der Waals surface area contributed by atoms with Crippen LogP contribution in [0.5, 0.6) is 11.5 Å². The van der Waals surface area contributed by atoms with Gasteiger partial charge >= 0.3 is 0 Å². The number of nitrogens with zero attached hydrogens (tertiary/aromatic N) is 2. The van der Waals surface area contributed by atoms with E-state index in [1.165, 1.54) is 0 Å². The predicted octanol–water partition coefficient (Wildman–Crippen LogP) is 4.76. The quantitative estimate of drug-likeness (QED) is 0.487. The van der Waals surface area contributed by atoms with E-state index in [2.05, 4.69) is 22.6 Å². The lowest BCUT2D eigenvalue weighted by Gasteiger charge is -2.14. The molecule has 0 radical (unpaired) electrons. The second-order valence-electron chi connectivity index (χ2n) is 5.91. The fraction of sp³-hybridized carbons (Fsp3) is 0.182. The predicted molar refractivity (Wildman–Crippen MR) is 108 cm³/mol. The Hall–Kier alpha value is -3.52. The number of hydrogen-bond donors (Lipinski definition) is 1. The first kappa shape index (κ1) is 18.3. The molecule has 0 atom stereocenters. The molecule has 0 saturated heterocycles. The third-order valence-corrected chi connectivity index (χ3v) is 4.10. The SMILES string of the molecule is C=CCc1cc(/C=C(\C#N)c2nc3ccccc3[nH]2)cc(OC)c1OCC. The zero-order valence-electron chi connectivity index (χ0n) is 15.5. The molecule has 1 N–H and O–H groups in total. The minimum Gasteiger partial charge on any atom is -0.493 e. The number of imidazole rings is 1. The van der Waals surface area contributed by atoms with Crippen LogP contribution >= 0.6 is 0 Å². The van der Waals surface area contributed by atoms with E-state index in [9.17, 15) is 5.26 Å². The maximum absolute atomic E-state index is 9.65. The van der Waals surface area contributed by atoms with Gasteiger partial charge < -0.3 is 14.5 Å². The Kier molecular flexibility index (Phi) is 5.58. The van der Waals surface area contributed by atoms with Crippen LogP contribution in [0.15, 0.2) is 49.1 Å². The third-order valence-electron chi connectivity index (χ3n) is 4.10. The van der Waals surface area contributed by atoms with E-state index < -0.39 is 0 Å². The number of benzene rings is 2. The van der Waals surface area contributed by atoms with Gasteiger partial charge in [-0.2, -0.15) is 5.26 Å². The Morgan fingerprint density at radius 3 is 2.81 bits per heavy atom. The standard InChI is InChI=1S/C22H21N3O2/c1-4-8-16-11-15(13-20(26-3)21(16)27-5-2)12-17(14-23)22-24-18-9-6-7-10-19(18)25-22/h4,6-7,9-13H,1,5,8H2,2-3H3,(H,24,25)/b17-12+. The maximum atomic E-state index is 9.65. The largest absolute Gasteiger partial charge is 0.493 e. The number of nitrogens with one attached hydrogen (secondary N) is 1. The minimum atomic E-state index is 0.446. The molecule has 0 fully saturated rings. The van der Waals surface area contributed by atoms with Gasteiger partial charge in [0.05, 0.1) is 30.3 Å². The molecule has 5 heteroatoms. The van der Waals surface area contributed by atoms with Crippen LogP contribution in [-0.2, 0) is 6.42 Å². The highest BCUT2D eigenvalue weighted by Gasteiger charge is 2.13. The molecule has 0 spiro atoms. The van der Waals surface area contributed by atoms with Crippen LogP contribution in [0.4, 0.5) is 0 Å². The number of hydrogen-bond acceptors (Lipinski definition) is 4. The molecular weight excluding hydrogens is 338 g/mol. The highest BCUT2D eigenvalue weighted by atomic mass is 16.5. The highest BCUT2D eigenvalue weighted by Crippen LogP contribution is 2.34. The number of nitriles is 1. The van der Waals surface area contributed by atoms with Gasteiger partial charge in [0.1, 0.15) is 11.9 Å². The van der Waals surface area contributed by atoms with Crippen molar-refractivity contribution in [3.05, 3.63) is 66.0 Å². The number of H-pyrrole nitrogens is 1. The zero-order valence-corrected chi connectivity index (χ0v) is 15.5. The average Bonchev–Trinajstić information content (AvgIpc) is 3.12. The molecule has 5 nitrogen and oxygen atoms in total. The summed E-state index contributed by atoms with van der Waals surface area (Å²) in [6.45, 7) is 6.28. The molecule has 3 aromatic rings. The van der Waals surface area contributed by atoms with Gasteiger partial charge in [-0.3, -0.25) is 0 Å². The summed E-state index contributed by atoms with van der Waals surface area (Å²) < 4.78 is 11.2. The lowest BCUT2D eigenvalue weighted by atomic mass is 10.0. The minimum absolute atomic E-state index is 0.446. The molecule has 0 aliphatic rings. The Morgan fingerprint density at radius 1 is 1.33 bits per heavy atom. The smallest absolute Gasteiger partial charge is 0.164 e. The van der Waals surface area contributed by atoms with Crippen molar-refractivity contribution in [3.8, 4) is 17.6 Å². The molecule has 1 heterocycles. The van der Waals surface area contributed by atoms with Crippen LogP contribution in [0.3, 0.4) is 0 Å². The topological polar surface area (TPSA) is 70.9 Å². The molecule has 0 bridgehead atoms. The van der Waals surface area contributed by atoms with Gasteiger partial charge in [-0.1, -0.05) is 18.2 Å². The molecule has 27 heavy (non-hydrogen) atoms. The fourth-order valence-corrected chi connectivity index (χ4v) is 2.93. The van der Waals surface area contributed by atoms with Crippen molar-refractivity contribution in [2.75, 3.05) is 13.7 Å². The van der Waals surface area contributed by atoms with E-state index in [0.29, 0.717) is 35.9 Å². The van der Waals surface area contributed by atoms with Gasteiger partial charge in [-0.05, 0) is 49.2 Å². The number of ether oxygens (including phenoxy) is 2. The maximum Gasteiger partial charge on any atom is 0.164 e. The van der Waals surface area contributed by atoms with Crippen molar-refractivity contribution < 1.29 is 9.47 Å². The Labute approximate surface area is 158 Å². The second-order valence-corrected chi connectivity index (χ2v) is 5.91. The van der Waals surface area contributed by atoms with Gasteiger partial charge in [-0.15, -0.1) is 6.58 Å². The van der Waals surface area contributed by atoms with E-state index >= 15 is 0 Å². The first-order valence-electron chi connectivity index (χ1n) is 8.71. The number of aromatic nitrogens is 2. The lowest BCUT2D eigenvalue weighted by molar-refractivity contribution is 0.308. The van der Waals surface area contributed by atoms with Crippen molar-refractivity contribution in [3.63, 3.8) is 0 Å². The molecule has 136 valence electrons. The molecule has 0 aliphatic heterocycles. The fourth-order valence-electron chi connectivity index (χ4n) is 2.93.